The Morgan fingerprint density at radius 3 is 2.79 bits per heavy atom. The Balaban J connectivity index is 1.24. The van der Waals surface area contributed by atoms with Crippen molar-refractivity contribution in [3.63, 3.8) is 0 Å². The maximum Gasteiger partial charge on any atom is 0.236 e. The van der Waals surface area contributed by atoms with Crippen LogP contribution >= 0.6 is 11.8 Å². The first-order valence-corrected chi connectivity index (χ1v) is 14.2. The summed E-state index contributed by atoms with van der Waals surface area (Å²) in [5.41, 5.74) is 13.6. The van der Waals surface area contributed by atoms with Gasteiger partial charge in [0.15, 0.2) is 11.4 Å². The Bertz CT molecular complexity index is 1630. The zero-order valence-corrected chi connectivity index (χ0v) is 23.0. The molecule has 4 aromatic rings. The number of piperidine rings is 1. The number of carbonyl (C=O) groups is 1. The van der Waals surface area contributed by atoms with Gasteiger partial charge in [-0.3, -0.25) is 4.79 Å². The first-order valence-electron chi connectivity index (χ1n) is 13.4. The number of nitrogens with two attached hydrogens (primary N) is 1. The fourth-order valence-corrected chi connectivity index (χ4v) is 6.91. The number of anilines is 2. The Morgan fingerprint density at radius 2 is 2.03 bits per heavy atom. The maximum atomic E-state index is 12.2. The first-order chi connectivity index (χ1) is 18.9. The fourth-order valence-electron chi connectivity index (χ4n) is 6.13. The van der Waals surface area contributed by atoms with Crippen molar-refractivity contribution in [2.45, 2.75) is 35.5 Å². The van der Waals surface area contributed by atoms with Crippen molar-refractivity contribution >= 4 is 40.2 Å². The molecule has 0 radical (unpaired) electrons. The minimum Gasteiger partial charge on any atom is -0.388 e. The Morgan fingerprint density at radius 1 is 1.21 bits per heavy atom. The second kappa shape index (κ2) is 9.17. The molecule has 39 heavy (non-hydrogen) atoms. The van der Waals surface area contributed by atoms with E-state index in [1.54, 1.807) is 18.7 Å². The standard InChI is InChI=1S/C29H30N8OS/c1-15(30)28(38)34-26-19-13-37(14-20(19)26)27-25-17-6-4-7-21(31-2)18(17)11-23(25)33-29(35-27)39-16-10-24-22(32-12-16)8-5-9-36(24)3/h4-10,12,15,19-20,26,31H,11,13-14,30H2,1-3H3/p+1/t15-,19?,20?,26?/m1/s1. The molecule has 10 heteroatoms. The number of pyridine rings is 2. The number of nitrogens with one attached hydrogen (secondary N) is 2. The van der Waals surface area contributed by atoms with E-state index in [1.165, 1.54) is 11.1 Å². The van der Waals surface area contributed by atoms with Gasteiger partial charge in [-0.2, -0.15) is 4.57 Å². The van der Waals surface area contributed by atoms with Gasteiger partial charge in [0.1, 0.15) is 18.4 Å². The molecule has 0 spiro atoms. The molecule has 1 aliphatic heterocycles. The van der Waals surface area contributed by atoms with Gasteiger partial charge < -0.3 is 21.3 Å². The second-order valence-corrected chi connectivity index (χ2v) is 11.8. The molecule has 0 bridgehead atoms. The van der Waals surface area contributed by atoms with E-state index in [0.717, 1.165) is 63.4 Å². The van der Waals surface area contributed by atoms with Gasteiger partial charge in [0.25, 0.3) is 0 Å². The monoisotopic (exact) mass is 539 g/mol. The van der Waals surface area contributed by atoms with E-state index >= 15 is 0 Å². The maximum absolute atomic E-state index is 12.2. The summed E-state index contributed by atoms with van der Waals surface area (Å²) in [7, 11) is 3.99. The number of amides is 1. The Kier molecular flexibility index (Phi) is 5.71. The third-order valence-electron chi connectivity index (χ3n) is 8.24. The van der Waals surface area contributed by atoms with E-state index < -0.39 is 6.04 Å². The highest BCUT2D eigenvalue weighted by Gasteiger charge is 2.57. The first kappa shape index (κ1) is 24.3. The second-order valence-electron chi connectivity index (χ2n) is 10.8. The van der Waals surface area contributed by atoms with Crippen molar-refractivity contribution in [2.24, 2.45) is 24.6 Å². The van der Waals surface area contributed by atoms with E-state index in [9.17, 15) is 4.79 Å². The van der Waals surface area contributed by atoms with Gasteiger partial charge in [0, 0.05) is 78.9 Å². The van der Waals surface area contributed by atoms with E-state index in [0.29, 0.717) is 11.8 Å². The van der Waals surface area contributed by atoms with Crippen LogP contribution in [0.1, 0.15) is 18.2 Å². The molecule has 198 valence electrons. The lowest BCUT2D eigenvalue weighted by Crippen LogP contribution is -2.42. The van der Waals surface area contributed by atoms with Crippen LogP contribution in [0.25, 0.3) is 22.2 Å². The van der Waals surface area contributed by atoms with Crippen LogP contribution < -0.4 is 25.8 Å². The number of benzene rings is 1. The number of hydrogen-bond donors (Lipinski definition) is 3. The summed E-state index contributed by atoms with van der Waals surface area (Å²) in [6.07, 6.45) is 4.69. The summed E-state index contributed by atoms with van der Waals surface area (Å²) >= 11 is 1.55. The van der Waals surface area contributed by atoms with E-state index in [-0.39, 0.29) is 11.9 Å². The average Bonchev–Trinajstić information content (AvgIpc) is 3.25. The van der Waals surface area contributed by atoms with Gasteiger partial charge in [0.05, 0.1) is 11.7 Å². The lowest BCUT2D eigenvalue weighted by atomic mass is 10.1. The van der Waals surface area contributed by atoms with Gasteiger partial charge in [0.2, 0.25) is 11.4 Å². The third-order valence-corrected chi connectivity index (χ3v) is 9.07. The lowest BCUT2D eigenvalue weighted by Gasteiger charge is -2.24. The number of fused-ring (bicyclic) bond motifs is 5. The molecule has 7 rings (SSSR count). The van der Waals surface area contributed by atoms with Crippen molar-refractivity contribution in [3.8, 4) is 11.1 Å². The zero-order chi connectivity index (χ0) is 26.8. The lowest BCUT2D eigenvalue weighted by molar-refractivity contribution is -0.645. The molecule has 2 fully saturated rings. The van der Waals surface area contributed by atoms with Crippen LogP contribution in [0.2, 0.25) is 0 Å². The number of aromatic nitrogens is 4. The minimum atomic E-state index is -0.489. The smallest absolute Gasteiger partial charge is 0.236 e. The van der Waals surface area contributed by atoms with Gasteiger partial charge in [-0.05, 0) is 41.9 Å². The fraction of sp³-hybridized carbons (Fsp3) is 0.345. The molecule has 1 saturated heterocycles. The van der Waals surface area contributed by atoms with Crippen LogP contribution in [0.3, 0.4) is 0 Å². The van der Waals surface area contributed by atoms with Crippen molar-refractivity contribution < 1.29 is 9.36 Å². The number of hydrogen-bond acceptors (Lipinski definition) is 8. The summed E-state index contributed by atoms with van der Waals surface area (Å²) < 4.78 is 2.08. The average molecular weight is 540 g/mol. The number of rotatable bonds is 6. The molecule has 1 saturated carbocycles. The predicted molar refractivity (Wildman–Crippen MR) is 152 cm³/mol. The molecule has 2 aliphatic carbocycles. The van der Waals surface area contributed by atoms with Gasteiger partial charge in [-0.15, -0.1) is 0 Å². The van der Waals surface area contributed by atoms with Gasteiger partial charge in [-0.1, -0.05) is 12.1 Å². The van der Waals surface area contributed by atoms with Crippen molar-refractivity contribution in [1.29, 1.82) is 0 Å². The Labute approximate surface area is 231 Å². The molecule has 2 unspecified atom stereocenters. The van der Waals surface area contributed by atoms with Crippen LogP contribution in [-0.4, -0.2) is 53.1 Å². The molecular formula is C29H31N8OS+. The molecule has 3 aliphatic rings. The van der Waals surface area contributed by atoms with Crippen molar-refractivity contribution in [2.75, 3.05) is 30.4 Å². The summed E-state index contributed by atoms with van der Waals surface area (Å²) in [4.78, 5) is 30.4. The summed E-state index contributed by atoms with van der Waals surface area (Å²) in [6, 6.07) is 12.3. The van der Waals surface area contributed by atoms with E-state index in [4.69, 9.17) is 15.7 Å². The molecule has 1 amide bonds. The molecule has 1 aromatic carbocycles. The highest BCUT2D eigenvalue weighted by atomic mass is 32.2. The Hall–Kier alpha value is -3.76. The molecule has 4 N–H and O–H groups in total. The molecule has 4 heterocycles. The minimum absolute atomic E-state index is 0.0755. The van der Waals surface area contributed by atoms with Gasteiger partial charge >= 0.3 is 0 Å². The molecular weight excluding hydrogens is 508 g/mol. The summed E-state index contributed by atoms with van der Waals surface area (Å²) in [5, 5.41) is 7.20. The van der Waals surface area contributed by atoms with Crippen molar-refractivity contribution in [1.82, 2.24) is 20.3 Å². The van der Waals surface area contributed by atoms with Gasteiger partial charge in [-0.25, -0.2) is 15.0 Å². The molecule has 3 aromatic heterocycles. The summed E-state index contributed by atoms with van der Waals surface area (Å²) in [5.74, 6) is 1.75. The predicted octanol–water partition coefficient (Wildman–Crippen LogP) is 2.51. The normalized spacial score (nSPS) is 21.3. The van der Waals surface area contributed by atoms with Crippen LogP contribution in [0.4, 0.5) is 11.5 Å². The van der Waals surface area contributed by atoms with E-state index in [1.807, 2.05) is 38.6 Å². The van der Waals surface area contributed by atoms with Crippen LogP contribution in [-0.2, 0) is 18.3 Å². The SMILES string of the molecule is CNc1cccc2c1Cc1nc(Sc3cnc4ccc[n+](C)c4c3)nc(N3CC4C(C3)C4NC(=O)[C@@H](C)N)c1-2. The molecule has 3 atom stereocenters. The summed E-state index contributed by atoms with van der Waals surface area (Å²) in [6.45, 7) is 3.44. The topological polar surface area (TPSA) is 113 Å². The third kappa shape index (κ3) is 4.09. The highest BCUT2D eigenvalue weighted by molar-refractivity contribution is 7.99. The number of aryl methyl sites for hydroxylation is 1. The van der Waals surface area contributed by atoms with Crippen molar-refractivity contribution in [3.05, 3.63) is 60.0 Å². The van der Waals surface area contributed by atoms with E-state index in [2.05, 4.69) is 49.4 Å². The highest BCUT2D eigenvalue weighted by Crippen LogP contribution is 2.51. The number of carbonyl (C=O) groups excluding carboxylic acids is 1. The largest absolute Gasteiger partial charge is 0.388 e. The quantitative estimate of drug-likeness (QED) is 0.223. The zero-order valence-electron chi connectivity index (χ0n) is 22.2. The van der Waals surface area contributed by atoms with Crippen LogP contribution in [0, 0.1) is 11.8 Å². The molecule has 9 nitrogen and oxygen atoms in total. The number of nitrogens with zero attached hydrogens (tertiary/aromatic N) is 5. The van der Waals surface area contributed by atoms with Crippen LogP contribution in [0.15, 0.2) is 58.8 Å². The van der Waals surface area contributed by atoms with Crippen LogP contribution in [0.5, 0.6) is 0 Å².